The Morgan fingerprint density at radius 3 is 2.42 bits per heavy atom. The fourth-order valence-corrected chi connectivity index (χ4v) is 5.93. The average Bonchev–Trinajstić information content (AvgIpc) is 3.66. The molecule has 1 atom stereocenters. The summed E-state index contributed by atoms with van der Waals surface area (Å²) in [5.41, 5.74) is 7.43. The summed E-state index contributed by atoms with van der Waals surface area (Å²) in [6.45, 7) is 5.29. The van der Waals surface area contributed by atoms with Gasteiger partial charge in [-0.1, -0.05) is 74.5 Å². The highest BCUT2D eigenvalue weighted by Crippen LogP contribution is 2.28. The zero-order valence-electron chi connectivity index (χ0n) is 23.8. The number of benzene rings is 4. The minimum absolute atomic E-state index is 0.0113. The van der Waals surface area contributed by atoms with Crippen molar-refractivity contribution < 1.29 is 18.0 Å². The van der Waals surface area contributed by atoms with Gasteiger partial charge >= 0.3 is 0 Å². The number of amides is 1. The number of aliphatic imine (C=N–C) groups is 1. The molecule has 1 aliphatic rings. The molecule has 2 heterocycles. The van der Waals surface area contributed by atoms with Gasteiger partial charge in [0.1, 0.15) is 5.82 Å². The first-order valence-electron chi connectivity index (χ1n) is 14.1. The molecule has 0 bridgehead atoms. The quantitative estimate of drug-likeness (QED) is 0.222. The van der Waals surface area contributed by atoms with Crippen molar-refractivity contribution in [2.45, 2.75) is 37.9 Å². The second kappa shape index (κ2) is 11.8. The molecule has 0 saturated carbocycles. The predicted octanol–water partition coefficient (Wildman–Crippen LogP) is 5.85. The fraction of sp³-hybridized carbons (Fsp3) is 0.182. The van der Waals surface area contributed by atoms with E-state index in [1.165, 1.54) is 12.1 Å². The van der Waals surface area contributed by atoms with Crippen LogP contribution in [0.2, 0.25) is 0 Å². The van der Waals surface area contributed by atoms with Crippen LogP contribution in [0.25, 0.3) is 22.4 Å². The number of aryl methyl sites for hydroxylation is 1. The van der Waals surface area contributed by atoms with Gasteiger partial charge in [-0.25, -0.2) is 23.1 Å². The molecule has 5 aromatic rings. The van der Waals surface area contributed by atoms with Gasteiger partial charge in [-0.15, -0.1) is 5.48 Å². The Labute approximate surface area is 250 Å². The van der Waals surface area contributed by atoms with Crippen LogP contribution in [-0.2, 0) is 21.4 Å². The Bertz CT molecular complexity index is 1920. The van der Waals surface area contributed by atoms with Gasteiger partial charge in [0.2, 0.25) is 5.90 Å². The molecule has 1 aromatic heterocycles. The molecule has 9 nitrogen and oxygen atoms in total. The van der Waals surface area contributed by atoms with E-state index in [-0.39, 0.29) is 10.5 Å². The summed E-state index contributed by atoms with van der Waals surface area (Å²) in [5, 5.41) is 0. The van der Waals surface area contributed by atoms with E-state index in [2.05, 4.69) is 40.7 Å². The maximum absolute atomic E-state index is 12.8. The highest BCUT2D eigenvalue weighted by Gasteiger charge is 2.25. The lowest BCUT2D eigenvalue weighted by molar-refractivity contribution is 0.0981. The molecule has 0 saturated heterocycles. The van der Waals surface area contributed by atoms with Gasteiger partial charge in [0, 0.05) is 23.2 Å². The Hall–Kier alpha value is -4.80. The van der Waals surface area contributed by atoms with E-state index in [1.54, 1.807) is 42.5 Å². The summed E-state index contributed by atoms with van der Waals surface area (Å²) >= 11 is 0. The molecule has 1 aliphatic heterocycles. The van der Waals surface area contributed by atoms with E-state index in [9.17, 15) is 13.2 Å². The van der Waals surface area contributed by atoms with Crippen molar-refractivity contribution in [3.63, 3.8) is 0 Å². The first-order chi connectivity index (χ1) is 20.8. The SMILES string of the molecule is CC(C)CCn1c(-c2ccccc2)nc2cc(C3=NC(c4cccc(C(=O)NS(=O)(=O)c5ccccc5)c4)NO3)ccc21. The number of fused-ring (bicyclic) bond motifs is 1. The Kier molecular flexibility index (Phi) is 7.79. The van der Waals surface area contributed by atoms with Gasteiger partial charge in [-0.3, -0.25) is 4.79 Å². The molecule has 2 N–H and O–H groups in total. The Morgan fingerprint density at radius 1 is 0.930 bits per heavy atom. The van der Waals surface area contributed by atoms with Crippen LogP contribution in [0.1, 0.15) is 47.9 Å². The normalized spacial score (nSPS) is 15.0. The highest BCUT2D eigenvalue weighted by atomic mass is 32.2. The van der Waals surface area contributed by atoms with E-state index >= 15 is 0 Å². The van der Waals surface area contributed by atoms with E-state index in [0.29, 0.717) is 17.4 Å². The third-order valence-electron chi connectivity index (χ3n) is 7.22. The molecule has 10 heteroatoms. The van der Waals surface area contributed by atoms with Crippen molar-refractivity contribution in [3.8, 4) is 11.4 Å². The minimum Gasteiger partial charge on any atom is -0.386 e. The number of aromatic nitrogens is 2. The summed E-state index contributed by atoms with van der Waals surface area (Å²) in [6.07, 6.45) is 0.441. The molecule has 0 aliphatic carbocycles. The summed E-state index contributed by atoms with van der Waals surface area (Å²) in [6, 6.07) is 30.5. The largest absolute Gasteiger partial charge is 0.386 e. The number of carbonyl (C=O) groups excluding carboxylic acids is 1. The van der Waals surface area contributed by atoms with E-state index in [1.807, 2.05) is 36.4 Å². The number of nitrogens with one attached hydrogen (secondary N) is 2. The number of hydrogen-bond acceptors (Lipinski definition) is 7. The number of carbonyl (C=O) groups is 1. The lowest BCUT2D eigenvalue weighted by atomic mass is 10.1. The molecule has 43 heavy (non-hydrogen) atoms. The molecule has 0 fully saturated rings. The summed E-state index contributed by atoms with van der Waals surface area (Å²) < 4.78 is 29.6. The van der Waals surface area contributed by atoms with Gasteiger partial charge < -0.3 is 9.40 Å². The van der Waals surface area contributed by atoms with Gasteiger partial charge in [0.05, 0.1) is 15.9 Å². The Balaban J connectivity index is 1.25. The lowest BCUT2D eigenvalue weighted by Crippen LogP contribution is -2.30. The molecular weight excluding hydrogens is 562 g/mol. The van der Waals surface area contributed by atoms with Crippen LogP contribution in [0.15, 0.2) is 113 Å². The molecular formula is C33H31N5O4S. The second-order valence-electron chi connectivity index (χ2n) is 10.8. The smallest absolute Gasteiger partial charge is 0.265 e. The van der Waals surface area contributed by atoms with E-state index < -0.39 is 22.1 Å². The molecule has 0 radical (unpaired) electrons. The van der Waals surface area contributed by atoms with Crippen molar-refractivity contribution in [1.82, 2.24) is 19.8 Å². The zero-order valence-corrected chi connectivity index (χ0v) is 24.6. The fourth-order valence-electron chi connectivity index (χ4n) is 4.93. The third kappa shape index (κ3) is 6.06. The number of hydroxylamine groups is 1. The summed E-state index contributed by atoms with van der Waals surface area (Å²) in [4.78, 5) is 28.3. The maximum atomic E-state index is 12.8. The van der Waals surface area contributed by atoms with Crippen molar-refractivity contribution >= 4 is 32.9 Å². The van der Waals surface area contributed by atoms with E-state index in [4.69, 9.17) is 14.8 Å². The average molecular weight is 594 g/mol. The topological polar surface area (TPSA) is 115 Å². The van der Waals surface area contributed by atoms with Gasteiger partial charge in [-0.2, -0.15) is 0 Å². The molecule has 6 rings (SSSR count). The van der Waals surface area contributed by atoms with Crippen molar-refractivity contribution in [2.24, 2.45) is 10.9 Å². The van der Waals surface area contributed by atoms with Gasteiger partial charge in [0.15, 0.2) is 6.17 Å². The maximum Gasteiger partial charge on any atom is 0.265 e. The van der Waals surface area contributed by atoms with E-state index in [0.717, 1.165) is 41.0 Å². The second-order valence-corrected chi connectivity index (χ2v) is 12.5. The molecule has 4 aromatic carbocycles. The lowest BCUT2D eigenvalue weighted by Gasteiger charge is -2.11. The summed E-state index contributed by atoms with van der Waals surface area (Å²) in [5.74, 6) is 1.14. The summed E-state index contributed by atoms with van der Waals surface area (Å²) in [7, 11) is -4.00. The minimum atomic E-state index is -4.00. The van der Waals surface area contributed by atoms with Crippen molar-refractivity contribution in [2.75, 3.05) is 0 Å². The van der Waals surface area contributed by atoms with Crippen LogP contribution < -0.4 is 10.2 Å². The van der Waals surface area contributed by atoms with Gasteiger partial charge in [0.25, 0.3) is 15.9 Å². The van der Waals surface area contributed by atoms with Crippen LogP contribution in [-0.4, -0.2) is 29.8 Å². The first kappa shape index (κ1) is 28.3. The van der Waals surface area contributed by atoms with Crippen molar-refractivity contribution in [3.05, 3.63) is 120 Å². The number of imidazole rings is 1. The molecule has 1 amide bonds. The number of rotatable bonds is 9. The van der Waals surface area contributed by atoms with Crippen molar-refractivity contribution in [1.29, 1.82) is 0 Å². The molecule has 0 spiro atoms. The van der Waals surface area contributed by atoms with Crippen LogP contribution >= 0.6 is 0 Å². The Morgan fingerprint density at radius 2 is 1.67 bits per heavy atom. The number of sulfonamides is 1. The van der Waals surface area contributed by atoms with Gasteiger partial charge in [-0.05, 0) is 60.4 Å². The number of nitrogens with zero attached hydrogens (tertiary/aromatic N) is 3. The van der Waals surface area contributed by atoms with Crippen LogP contribution in [0.5, 0.6) is 0 Å². The standard InChI is InChI=1S/C33H31N5O4S/c1-22(2)18-19-38-29-17-16-26(21-28(29)34-31(38)23-10-5-3-6-11-23)33-35-30(36-42-33)24-12-9-13-25(20-24)32(39)37-43(40,41)27-14-7-4-8-15-27/h3-17,20-22,30,36H,18-19H2,1-2H3,(H,37,39). The van der Waals surface area contributed by atoms with Crippen LogP contribution in [0.3, 0.4) is 0 Å². The predicted molar refractivity (Wildman–Crippen MR) is 166 cm³/mol. The number of hydrogen-bond donors (Lipinski definition) is 2. The monoisotopic (exact) mass is 593 g/mol. The first-order valence-corrected chi connectivity index (χ1v) is 15.6. The zero-order chi connectivity index (χ0) is 30.0. The third-order valence-corrected chi connectivity index (χ3v) is 8.56. The van der Waals surface area contributed by atoms with Crippen LogP contribution in [0.4, 0.5) is 0 Å². The highest BCUT2D eigenvalue weighted by molar-refractivity contribution is 7.90. The molecule has 218 valence electrons. The van der Waals surface area contributed by atoms with Crippen LogP contribution in [0, 0.1) is 5.92 Å². The molecule has 1 unspecified atom stereocenters.